The molecule has 1 saturated heterocycles. The molecular weight excluding hydrogens is 256 g/mol. The van der Waals surface area contributed by atoms with Crippen LogP contribution in [0.25, 0.3) is 0 Å². The number of carbonyl (C=O) groups excluding carboxylic acids is 1. The first kappa shape index (κ1) is 15.4. The molecule has 0 unspecified atom stereocenters. The molecule has 0 aromatic heterocycles. The summed E-state index contributed by atoms with van der Waals surface area (Å²) in [5.41, 5.74) is 0. The maximum Gasteiger partial charge on any atom is 0.251 e. The summed E-state index contributed by atoms with van der Waals surface area (Å²) < 4.78 is 30.0. The molecule has 1 aliphatic heterocycles. The standard InChI is InChI=1S/C11H22N2O4S/c1-4-17-9(2)11(14)13-7-5-10(6-8-13)12-18(3,15)16/h9-10,12H,4-8H2,1-3H3/t9-/m1/s1. The van der Waals surface area contributed by atoms with Crippen molar-refractivity contribution in [2.45, 2.75) is 38.8 Å². The minimum atomic E-state index is -3.16. The first-order chi connectivity index (χ1) is 8.33. The zero-order valence-corrected chi connectivity index (χ0v) is 12.0. The van der Waals surface area contributed by atoms with E-state index in [0.29, 0.717) is 32.5 Å². The lowest BCUT2D eigenvalue weighted by Gasteiger charge is -2.33. The lowest BCUT2D eigenvalue weighted by Crippen LogP contribution is -2.48. The molecule has 0 aromatic rings. The number of sulfonamides is 1. The van der Waals surface area contributed by atoms with Crippen LogP contribution in [-0.2, 0) is 19.6 Å². The maximum atomic E-state index is 11.9. The summed E-state index contributed by atoms with van der Waals surface area (Å²) in [4.78, 5) is 13.7. The molecule has 0 aliphatic carbocycles. The van der Waals surface area contributed by atoms with Crippen LogP contribution in [0.15, 0.2) is 0 Å². The fraction of sp³-hybridized carbons (Fsp3) is 0.909. The molecular formula is C11H22N2O4S. The number of carbonyl (C=O) groups is 1. The van der Waals surface area contributed by atoms with E-state index in [1.54, 1.807) is 11.8 Å². The van der Waals surface area contributed by atoms with Gasteiger partial charge in [0.25, 0.3) is 5.91 Å². The molecule has 0 saturated carbocycles. The summed E-state index contributed by atoms with van der Waals surface area (Å²) in [6, 6.07) is -0.0635. The molecule has 1 amide bonds. The second-order valence-electron chi connectivity index (χ2n) is 4.59. The molecule has 1 N–H and O–H groups in total. The van der Waals surface area contributed by atoms with Crippen LogP contribution in [0.2, 0.25) is 0 Å². The Bertz CT molecular complexity index is 375. The zero-order valence-electron chi connectivity index (χ0n) is 11.2. The van der Waals surface area contributed by atoms with E-state index in [9.17, 15) is 13.2 Å². The lowest BCUT2D eigenvalue weighted by molar-refractivity contribution is -0.143. The monoisotopic (exact) mass is 278 g/mol. The van der Waals surface area contributed by atoms with Gasteiger partial charge in [-0.2, -0.15) is 0 Å². The van der Waals surface area contributed by atoms with Gasteiger partial charge in [-0.3, -0.25) is 4.79 Å². The Morgan fingerprint density at radius 2 is 2.00 bits per heavy atom. The minimum Gasteiger partial charge on any atom is -0.369 e. The number of ether oxygens (including phenoxy) is 1. The summed E-state index contributed by atoms with van der Waals surface area (Å²) >= 11 is 0. The SMILES string of the molecule is CCO[C@H](C)C(=O)N1CCC(NS(C)(=O)=O)CC1. The van der Waals surface area contributed by atoms with Crippen molar-refractivity contribution in [2.24, 2.45) is 0 Å². The molecule has 1 fully saturated rings. The van der Waals surface area contributed by atoms with Crippen molar-refractivity contribution in [2.75, 3.05) is 26.0 Å². The fourth-order valence-corrected chi connectivity index (χ4v) is 2.94. The number of piperidine rings is 1. The number of likely N-dealkylation sites (tertiary alicyclic amines) is 1. The Kier molecular flexibility index (Phi) is 5.55. The third-order valence-electron chi connectivity index (χ3n) is 2.95. The van der Waals surface area contributed by atoms with Gasteiger partial charge < -0.3 is 9.64 Å². The Morgan fingerprint density at radius 1 is 1.44 bits per heavy atom. The highest BCUT2D eigenvalue weighted by molar-refractivity contribution is 7.88. The third-order valence-corrected chi connectivity index (χ3v) is 3.71. The molecule has 18 heavy (non-hydrogen) atoms. The molecule has 1 heterocycles. The van der Waals surface area contributed by atoms with Crippen LogP contribution in [-0.4, -0.2) is 57.3 Å². The summed E-state index contributed by atoms with van der Waals surface area (Å²) in [6.45, 7) is 5.25. The highest BCUT2D eigenvalue weighted by Crippen LogP contribution is 2.13. The summed E-state index contributed by atoms with van der Waals surface area (Å²) in [5.74, 6) is -0.0188. The highest BCUT2D eigenvalue weighted by atomic mass is 32.2. The first-order valence-corrected chi connectivity index (χ1v) is 8.10. The van der Waals surface area contributed by atoms with Gasteiger partial charge in [-0.15, -0.1) is 0 Å². The van der Waals surface area contributed by atoms with Gasteiger partial charge in [0.15, 0.2) is 0 Å². The molecule has 0 aromatic carbocycles. The predicted octanol–water partition coefficient (Wildman–Crippen LogP) is -0.0484. The van der Waals surface area contributed by atoms with Crippen LogP contribution in [0.1, 0.15) is 26.7 Å². The van der Waals surface area contributed by atoms with Crippen molar-refractivity contribution >= 4 is 15.9 Å². The van der Waals surface area contributed by atoms with Gasteiger partial charge in [0.05, 0.1) is 6.26 Å². The largest absolute Gasteiger partial charge is 0.369 e. The molecule has 7 heteroatoms. The number of hydrogen-bond acceptors (Lipinski definition) is 4. The van der Waals surface area contributed by atoms with Gasteiger partial charge >= 0.3 is 0 Å². The third kappa shape index (κ3) is 4.91. The number of hydrogen-bond donors (Lipinski definition) is 1. The average Bonchev–Trinajstić information content (AvgIpc) is 2.27. The van der Waals surface area contributed by atoms with E-state index in [4.69, 9.17) is 4.74 Å². The predicted molar refractivity (Wildman–Crippen MR) is 68.7 cm³/mol. The van der Waals surface area contributed by atoms with Gasteiger partial charge in [-0.25, -0.2) is 13.1 Å². The van der Waals surface area contributed by atoms with Crippen LogP contribution in [0.4, 0.5) is 0 Å². The Morgan fingerprint density at radius 3 is 2.44 bits per heavy atom. The smallest absolute Gasteiger partial charge is 0.251 e. The Hall–Kier alpha value is -0.660. The van der Waals surface area contributed by atoms with Crippen LogP contribution < -0.4 is 4.72 Å². The zero-order chi connectivity index (χ0) is 13.8. The second kappa shape index (κ2) is 6.49. The molecule has 6 nitrogen and oxygen atoms in total. The van der Waals surface area contributed by atoms with E-state index in [1.165, 1.54) is 0 Å². The molecule has 106 valence electrons. The van der Waals surface area contributed by atoms with E-state index in [0.717, 1.165) is 6.26 Å². The normalized spacial score (nSPS) is 19.8. The number of nitrogens with one attached hydrogen (secondary N) is 1. The van der Waals surface area contributed by atoms with Crippen molar-refractivity contribution in [3.63, 3.8) is 0 Å². The van der Waals surface area contributed by atoms with E-state index in [2.05, 4.69) is 4.72 Å². The summed E-state index contributed by atoms with van der Waals surface area (Å²) in [6.07, 6.45) is 2.03. The average molecular weight is 278 g/mol. The molecule has 1 aliphatic rings. The number of nitrogens with zero attached hydrogens (tertiary/aromatic N) is 1. The first-order valence-electron chi connectivity index (χ1n) is 6.21. The van der Waals surface area contributed by atoms with E-state index < -0.39 is 16.1 Å². The van der Waals surface area contributed by atoms with Crippen molar-refractivity contribution in [1.82, 2.24) is 9.62 Å². The number of rotatable bonds is 5. The van der Waals surface area contributed by atoms with Gasteiger partial charge in [0, 0.05) is 25.7 Å². The molecule has 0 spiro atoms. The molecule has 1 atom stereocenters. The van der Waals surface area contributed by atoms with Gasteiger partial charge in [-0.05, 0) is 26.7 Å². The van der Waals surface area contributed by atoms with Gasteiger partial charge in [-0.1, -0.05) is 0 Å². The topological polar surface area (TPSA) is 75.7 Å². The van der Waals surface area contributed by atoms with Crippen molar-refractivity contribution < 1.29 is 17.9 Å². The Balaban J connectivity index is 2.42. The van der Waals surface area contributed by atoms with Gasteiger partial charge in [0.1, 0.15) is 6.10 Å². The maximum absolute atomic E-state index is 11.9. The second-order valence-corrected chi connectivity index (χ2v) is 6.37. The molecule has 1 rings (SSSR count). The van der Waals surface area contributed by atoms with Crippen LogP contribution in [0.5, 0.6) is 0 Å². The number of amides is 1. The Labute approximate surface area is 109 Å². The molecule has 0 radical (unpaired) electrons. The van der Waals surface area contributed by atoms with E-state index in [-0.39, 0.29) is 11.9 Å². The van der Waals surface area contributed by atoms with Crippen LogP contribution in [0, 0.1) is 0 Å². The summed E-state index contributed by atoms with van der Waals surface area (Å²) in [7, 11) is -3.16. The highest BCUT2D eigenvalue weighted by Gasteiger charge is 2.27. The van der Waals surface area contributed by atoms with Crippen molar-refractivity contribution in [1.29, 1.82) is 0 Å². The van der Waals surface area contributed by atoms with Crippen molar-refractivity contribution in [3.05, 3.63) is 0 Å². The molecule has 0 bridgehead atoms. The van der Waals surface area contributed by atoms with E-state index >= 15 is 0 Å². The van der Waals surface area contributed by atoms with Crippen LogP contribution >= 0.6 is 0 Å². The lowest BCUT2D eigenvalue weighted by atomic mass is 10.1. The minimum absolute atomic E-state index is 0.0188. The summed E-state index contributed by atoms with van der Waals surface area (Å²) in [5, 5.41) is 0. The fourth-order valence-electron chi connectivity index (χ4n) is 2.10. The van der Waals surface area contributed by atoms with E-state index in [1.807, 2.05) is 6.92 Å². The van der Waals surface area contributed by atoms with Crippen molar-refractivity contribution in [3.8, 4) is 0 Å². The quantitative estimate of drug-likeness (QED) is 0.765. The van der Waals surface area contributed by atoms with Crippen LogP contribution in [0.3, 0.4) is 0 Å². The van der Waals surface area contributed by atoms with Gasteiger partial charge in [0.2, 0.25) is 10.0 Å².